The molecule has 0 saturated heterocycles. The second-order valence-corrected chi connectivity index (χ2v) is 28.9. The van der Waals surface area contributed by atoms with Crippen molar-refractivity contribution in [3.63, 3.8) is 0 Å². The SMILES string of the molecule is CCCC(CC)CCC(C)C[PH+](CC)c1ccc(F)cc1F.CCCCC(CC)C[CH2][Al-]([CH2]CC(CC)CCCC)([CH2]CC(CC)CCCC)[CH2]CC(CC)CCCC. The quantitative estimate of drug-likeness (QED) is 0.0459. The average molecular weight is 865 g/mol. The van der Waals surface area contributed by atoms with E-state index >= 15 is 0 Å². The zero-order chi connectivity index (χ0) is 44.3. The molecule has 0 N–H and O–H groups in total. The number of hydrogen-bond donors (Lipinski definition) is 0. The fourth-order valence-electron chi connectivity index (χ4n) is 10.6. The molecule has 4 heteroatoms. The van der Waals surface area contributed by atoms with Crippen LogP contribution in [0.25, 0.3) is 0 Å². The minimum Gasteiger partial charge on any atom is -0.207 e. The fourth-order valence-corrected chi connectivity index (χ4v) is 19.7. The Morgan fingerprint density at radius 2 is 0.831 bits per heavy atom. The summed E-state index contributed by atoms with van der Waals surface area (Å²) in [5.41, 5.74) is 0. The van der Waals surface area contributed by atoms with E-state index in [1.165, 1.54) is 141 Å². The molecule has 0 fully saturated rings. The van der Waals surface area contributed by atoms with Crippen LogP contribution in [0.1, 0.15) is 244 Å². The van der Waals surface area contributed by atoms with Crippen molar-refractivity contribution in [1.82, 2.24) is 0 Å². The molecule has 1 aromatic carbocycles. The molecule has 59 heavy (non-hydrogen) atoms. The Balaban J connectivity index is 0.00000129. The van der Waals surface area contributed by atoms with Crippen LogP contribution in [0, 0.1) is 47.1 Å². The van der Waals surface area contributed by atoms with Crippen molar-refractivity contribution in [1.29, 1.82) is 0 Å². The van der Waals surface area contributed by atoms with Crippen molar-refractivity contribution >= 4 is 26.3 Å². The molecule has 0 radical (unpaired) electrons. The Hall–Kier alpha value is 0.0425. The highest BCUT2D eigenvalue weighted by molar-refractivity contribution is 7.65. The van der Waals surface area contributed by atoms with Gasteiger partial charge in [-0.3, -0.25) is 0 Å². The summed E-state index contributed by atoms with van der Waals surface area (Å²) in [7, 11) is -0.915. The molecule has 0 bridgehead atoms. The van der Waals surface area contributed by atoms with Gasteiger partial charge < -0.3 is 0 Å². The Morgan fingerprint density at radius 1 is 0.458 bits per heavy atom. The van der Waals surface area contributed by atoms with Gasteiger partial charge in [0.1, 0.15) is 24.2 Å². The molecule has 1 rings (SSSR count). The van der Waals surface area contributed by atoms with Crippen molar-refractivity contribution in [3.05, 3.63) is 29.8 Å². The monoisotopic (exact) mass is 865 g/mol. The number of rotatable bonds is 38. The molecular weight excluding hydrogens is 757 g/mol. The van der Waals surface area contributed by atoms with Crippen LogP contribution in [-0.2, 0) is 0 Å². The summed E-state index contributed by atoms with van der Waals surface area (Å²) in [6.07, 6.45) is 37.8. The maximum atomic E-state index is 14.0. The van der Waals surface area contributed by atoms with Crippen LogP contribution in [0.2, 0.25) is 21.1 Å². The summed E-state index contributed by atoms with van der Waals surface area (Å²) in [5, 5.41) is 7.53. The van der Waals surface area contributed by atoms with E-state index in [0.717, 1.165) is 53.3 Å². The lowest BCUT2D eigenvalue weighted by Crippen LogP contribution is -2.36. The van der Waals surface area contributed by atoms with Gasteiger partial charge in [-0.1, -0.05) is 230 Å². The first kappa shape index (κ1) is 59.0. The normalized spacial score (nSPS) is 16.4. The maximum Gasteiger partial charge on any atom is 0.167 e. The largest absolute Gasteiger partial charge is 0.207 e. The summed E-state index contributed by atoms with van der Waals surface area (Å²) >= 11 is -1.64. The van der Waals surface area contributed by atoms with Gasteiger partial charge in [0.05, 0.1) is 12.3 Å². The van der Waals surface area contributed by atoms with Gasteiger partial charge in [-0.25, -0.2) is 8.78 Å². The van der Waals surface area contributed by atoms with Crippen molar-refractivity contribution in [3.8, 4) is 0 Å². The highest BCUT2D eigenvalue weighted by atomic mass is 31.1. The van der Waals surface area contributed by atoms with Gasteiger partial charge in [-0.15, -0.1) is 0 Å². The molecule has 0 heterocycles. The van der Waals surface area contributed by atoms with E-state index in [-0.39, 0.29) is 5.82 Å². The molecule has 350 valence electrons. The molecule has 0 spiro atoms. The van der Waals surface area contributed by atoms with Crippen LogP contribution < -0.4 is 5.30 Å². The maximum absolute atomic E-state index is 14.0. The predicted molar refractivity (Wildman–Crippen MR) is 273 cm³/mol. The van der Waals surface area contributed by atoms with Crippen molar-refractivity contribution in [2.24, 2.45) is 35.5 Å². The summed E-state index contributed by atoms with van der Waals surface area (Å²) in [5.74, 6) is 4.67. The lowest BCUT2D eigenvalue weighted by Gasteiger charge is -2.41. The van der Waals surface area contributed by atoms with E-state index in [2.05, 4.69) is 83.1 Å². The van der Waals surface area contributed by atoms with Gasteiger partial charge in [-0.2, -0.15) is 21.1 Å². The first-order valence-electron chi connectivity index (χ1n) is 27.0. The molecule has 0 aliphatic carbocycles. The van der Waals surface area contributed by atoms with Crippen molar-refractivity contribution < 1.29 is 8.78 Å². The Kier molecular flexibility index (Phi) is 38.5. The molecule has 0 amide bonds. The second kappa shape index (κ2) is 38.5. The predicted octanol–water partition coefficient (Wildman–Crippen LogP) is 19.9. The molecule has 7 unspecified atom stereocenters. The Morgan fingerprint density at radius 3 is 1.14 bits per heavy atom. The molecule has 0 aliphatic rings. The molecule has 0 saturated carbocycles. The summed E-state index contributed by atoms with van der Waals surface area (Å²) in [4.78, 5) is 0. The third-order valence-electron chi connectivity index (χ3n) is 15.6. The van der Waals surface area contributed by atoms with Crippen molar-refractivity contribution in [2.45, 2.75) is 265 Å². The van der Waals surface area contributed by atoms with Crippen LogP contribution >= 0.6 is 7.92 Å². The minimum atomic E-state index is -1.64. The van der Waals surface area contributed by atoms with Crippen LogP contribution in [0.3, 0.4) is 0 Å². The number of benzene rings is 1. The van der Waals surface area contributed by atoms with Gasteiger partial charge in [0.25, 0.3) is 0 Å². The van der Waals surface area contributed by atoms with Gasteiger partial charge in [-0.05, 0) is 61.0 Å². The highest BCUT2D eigenvalue weighted by Crippen LogP contribution is 2.41. The number of unbranched alkanes of at least 4 members (excludes halogenated alkanes) is 4. The lowest BCUT2D eigenvalue weighted by molar-refractivity contribution is 0.389. The van der Waals surface area contributed by atoms with Crippen LogP contribution in [0.15, 0.2) is 18.2 Å². The van der Waals surface area contributed by atoms with Crippen molar-refractivity contribution in [2.75, 3.05) is 12.3 Å². The third-order valence-corrected chi connectivity index (χ3v) is 25.0. The summed E-state index contributed by atoms with van der Waals surface area (Å²) < 4.78 is 27.1. The zero-order valence-electron chi connectivity index (χ0n) is 42.4. The number of halogens is 2. The van der Waals surface area contributed by atoms with E-state index in [1.807, 2.05) is 0 Å². The minimum absolute atomic E-state index is 0.347. The van der Waals surface area contributed by atoms with Gasteiger partial charge >= 0.3 is 0 Å². The highest BCUT2D eigenvalue weighted by Gasteiger charge is 2.31. The Labute approximate surface area is 375 Å². The van der Waals surface area contributed by atoms with Gasteiger partial charge in [0, 0.05) is 14.0 Å². The average Bonchev–Trinajstić information content (AvgIpc) is 3.24. The van der Waals surface area contributed by atoms with E-state index in [0.29, 0.717) is 5.92 Å². The lowest BCUT2D eigenvalue weighted by atomic mass is 9.92. The smallest absolute Gasteiger partial charge is 0.167 e. The van der Waals surface area contributed by atoms with E-state index in [9.17, 15) is 8.78 Å². The van der Waals surface area contributed by atoms with E-state index in [1.54, 1.807) is 52.9 Å². The fraction of sp³-hybridized carbons (Fsp3) is 0.891. The third kappa shape index (κ3) is 27.8. The van der Waals surface area contributed by atoms with E-state index in [4.69, 9.17) is 0 Å². The van der Waals surface area contributed by atoms with Crippen LogP contribution in [0.5, 0.6) is 0 Å². The molecule has 0 aliphatic heterocycles. The first-order valence-corrected chi connectivity index (χ1v) is 32.2. The Bertz CT molecular complexity index is 976. The molecule has 0 aromatic heterocycles. The van der Waals surface area contributed by atoms with E-state index < -0.39 is 26.8 Å². The van der Waals surface area contributed by atoms with Crippen LogP contribution in [-0.4, -0.2) is 25.4 Å². The standard InChI is InChI=1S/C19H31F2P.4C9H19.Al/c1-5-8-16(6-2)10-9-15(4)14-22(7-3)19-12-11-17(20)13-18(19)21;4*1-4-7-8-9(5-2)6-3;/h11-13,15-16H,5-10,14H2,1-4H3;4*9H,2,4-8H2,1,3H3;/q;;;;;-1/p+1. The van der Waals surface area contributed by atoms with Gasteiger partial charge in [0.2, 0.25) is 0 Å². The topological polar surface area (TPSA) is 0 Å². The summed E-state index contributed by atoms with van der Waals surface area (Å²) in [6, 6.07) is 4.10. The first-order chi connectivity index (χ1) is 28.5. The van der Waals surface area contributed by atoms with Crippen LogP contribution in [0.4, 0.5) is 8.78 Å². The van der Waals surface area contributed by atoms with Gasteiger partial charge in [0.15, 0.2) is 5.82 Å². The zero-order valence-corrected chi connectivity index (χ0v) is 44.6. The summed E-state index contributed by atoms with van der Waals surface area (Å²) in [6.45, 7) is 28.4. The molecule has 7 atom stereocenters. The molecule has 0 nitrogen and oxygen atoms in total. The molecular formula is C55H108AlF2P. The number of hydrogen-bond acceptors (Lipinski definition) is 0. The molecule has 1 aromatic rings. The second-order valence-electron chi connectivity index (χ2n) is 20.2.